The number of carbonyl (C=O) groups is 1. The van der Waals surface area contributed by atoms with Gasteiger partial charge in [0, 0.05) is 23.5 Å². The van der Waals surface area contributed by atoms with Gasteiger partial charge in [-0.05, 0) is 36.2 Å². The number of aliphatic hydroxyl groups excluding tert-OH is 1. The van der Waals surface area contributed by atoms with Crippen molar-refractivity contribution in [3.8, 4) is 0 Å². The van der Waals surface area contributed by atoms with Crippen molar-refractivity contribution in [2.45, 2.75) is 28.7 Å². The molecule has 0 spiro atoms. The number of hydrogen-bond donors (Lipinski definition) is 2. The summed E-state index contributed by atoms with van der Waals surface area (Å²) in [5, 5.41) is 5.66. The molecule has 0 aliphatic carbocycles. The van der Waals surface area contributed by atoms with Gasteiger partial charge in [-0.1, -0.05) is 41.0 Å². The number of hydrogen-bond acceptors (Lipinski definition) is 5. The van der Waals surface area contributed by atoms with E-state index in [0.29, 0.717) is 5.56 Å². The summed E-state index contributed by atoms with van der Waals surface area (Å²) in [5.41, 5.74) is -1.90. The van der Waals surface area contributed by atoms with Crippen molar-refractivity contribution < 1.29 is 23.4 Å². The van der Waals surface area contributed by atoms with E-state index in [0.717, 1.165) is 24.4 Å². The third kappa shape index (κ3) is 6.43. The molecule has 0 unspecified atom stereocenters. The van der Waals surface area contributed by atoms with E-state index in [1.165, 1.54) is 12.1 Å². The molecule has 2 aromatic rings. The van der Waals surface area contributed by atoms with Crippen LogP contribution in [0.4, 0.5) is 8.78 Å². The molecule has 0 aliphatic rings. The Kier molecular flexibility index (Phi) is 9.89. The SMILES string of the molecule is CCOC.O=Cc1c(Sc2c(Cl)ccc(CO)c2Cl)cc(C(F)(F)Cl)[nH]c1=O. The van der Waals surface area contributed by atoms with Crippen molar-refractivity contribution >= 4 is 52.9 Å². The molecule has 5 nitrogen and oxygen atoms in total. The van der Waals surface area contributed by atoms with Crippen LogP contribution in [0.3, 0.4) is 0 Å². The van der Waals surface area contributed by atoms with Crippen LogP contribution < -0.4 is 5.56 Å². The number of aldehydes is 1. The first-order valence-electron chi connectivity index (χ1n) is 7.64. The molecule has 1 aromatic carbocycles. The summed E-state index contributed by atoms with van der Waals surface area (Å²) < 4.78 is 31.1. The number of alkyl halides is 3. The van der Waals surface area contributed by atoms with Crippen molar-refractivity contribution in [2.75, 3.05) is 13.7 Å². The Morgan fingerprint density at radius 1 is 1.36 bits per heavy atom. The first kappa shape index (κ1) is 24.9. The Morgan fingerprint density at radius 3 is 2.43 bits per heavy atom. The summed E-state index contributed by atoms with van der Waals surface area (Å²) in [4.78, 5) is 24.9. The van der Waals surface area contributed by atoms with Crippen LogP contribution in [-0.4, -0.2) is 30.1 Å². The zero-order valence-corrected chi connectivity index (χ0v) is 17.8. The molecule has 1 aromatic heterocycles. The summed E-state index contributed by atoms with van der Waals surface area (Å²) in [7, 11) is 1.68. The second-order valence-corrected chi connectivity index (χ2v) is 7.40. The average Bonchev–Trinajstić information content (AvgIpc) is 2.64. The minimum atomic E-state index is -3.82. The Bertz CT molecular complexity index is 886. The molecular weight excluding hydrogens is 459 g/mol. The normalized spacial score (nSPS) is 11.0. The molecule has 0 amide bonds. The summed E-state index contributed by atoms with van der Waals surface area (Å²) in [6.45, 7) is 2.41. The average molecular weight is 475 g/mol. The lowest BCUT2D eigenvalue weighted by Gasteiger charge is -2.13. The number of halogens is 5. The second kappa shape index (κ2) is 11.1. The molecule has 11 heteroatoms. The highest BCUT2D eigenvalue weighted by atomic mass is 35.5. The first-order chi connectivity index (χ1) is 13.1. The summed E-state index contributed by atoms with van der Waals surface area (Å²) in [6.07, 6.45) is 0.231. The van der Waals surface area contributed by atoms with Crippen molar-refractivity contribution in [3.05, 3.63) is 55.4 Å². The number of ether oxygens (including phenoxy) is 1. The van der Waals surface area contributed by atoms with Gasteiger partial charge in [0.05, 0.1) is 22.2 Å². The van der Waals surface area contributed by atoms with E-state index in [4.69, 9.17) is 34.8 Å². The fourth-order valence-electron chi connectivity index (χ4n) is 1.79. The molecule has 2 rings (SSSR count). The maximum Gasteiger partial charge on any atom is 0.362 e. The van der Waals surface area contributed by atoms with Gasteiger partial charge in [0.1, 0.15) is 5.69 Å². The molecule has 154 valence electrons. The van der Waals surface area contributed by atoms with Crippen LogP contribution in [0.15, 0.2) is 32.8 Å². The van der Waals surface area contributed by atoms with E-state index < -0.39 is 16.6 Å². The molecule has 0 bridgehead atoms. The Balaban J connectivity index is 0.000000892. The molecular formula is C17H16Cl3F2NO4S. The number of aliphatic hydroxyl groups is 1. The van der Waals surface area contributed by atoms with Crippen LogP contribution in [0.1, 0.15) is 28.5 Å². The minimum absolute atomic E-state index is 0.0892. The van der Waals surface area contributed by atoms with E-state index in [9.17, 15) is 23.5 Å². The molecule has 28 heavy (non-hydrogen) atoms. The van der Waals surface area contributed by atoms with Crippen LogP contribution in [0.25, 0.3) is 0 Å². The largest absolute Gasteiger partial charge is 0.392 e. The highest BCUT2D eigenvalue weighted by Crippen LogP contribution is 2.42. The number of pyridine rings is 1. The molecule has 2 N–H and O–H groups in total. The van der Waals surface area contributed by atoms with E-state index in [1.54, 1.807) is 7.11 Å². The van der Waals surface area contributed by atoms with Crippen LogP contribution in [0, 0.1) is 0 Å². The van der Waals surface area contributed by atoms with Crippen LogP contribution in [0.2, 0.25) is 10.0 Å². The van der Waals surface area contributed by atoms with Crippen molar-refractivity contribution in [1.29, 1.82) is 0 Å². The Hall–Kier alpha value is -1.16. The summed E-state index contributed by atoms with van der Waals surface area (Å²) in [5.74, 6) is 0. The van der Waals surface area contributed by atoms with Crippen LogP contribution >= 0.6 is 46.6 Å². The number of H-pyrrole nitrogens is 1. The van der Waals surface area contributed by atoms with Crippen LogP contribution in [0.5, 0.6) is 0 Å². The van der Waals surface area contributed by atoms with Gasteiger partial charge < -0.3 is 14.8 Å². The fourth-order valence-corrected chi connectivity index (χ4v) is 3.59. The highest BCUT2D eigenvalue weighted by Gasteiger charge is 2.31. The van der Waals surface area contributed by atoms with Gasteiger partial charge in [0.25, 0.3) is 5.56 Å². The van der Waals surface area contributed by atoms with E-state index in [2.05, 4.69) is 4.74 Å². The standard InChI is InChI=1S/C14H8Cl3F2NO3S.C3H8O/c15-8-2-1-6(4-21)11(16)12(8)24-9-3-10(14(17,18)19)20-13(23)7(9)5-22;1-3-4-2/h1-3,5,21H,4H2,(H,20,23);3H2,1-2H3. The van der Waals surface area contributed by atoms with Crippen molar-refractivity contribution in [3.63, 3.8) is 0 Å². The number of aromatic amines is 1. The molecule has 0 saturated carbocycles. The number of methoxy groups -OCH3 is 1. The zero-order chi connectivity index (χ0) is 21.5. The Labute approximate surface area is 178 Å². The first-order valence-corrected chi connectivity index (χ1v) is 9.59. The molecule has 0 atom stereocenters. The smallest absolute Gasteiger partial charge is 0.362 e. The monoisotopic (exact) mass is 473 g/mol. The number of rotatable bonds is 6. The lowest BCUT2D eigenvalue weighted by Crippen LogP contribution is -2.20. The lowest BCUT2D eigenvalue weighted by molar-refractivity contribution is 0.0891. The fraction of sp³-hybridized carbons (Fsp3) is 0.294. The predicted molar refractivity (Wildman–Crippen MR) is 106 cm³/mol. The number of nitrogens with one attached hydrogen (secondary N) is 1. The van der Waals surface area contributed by atoms with Gasteiger partial charge in [-0.2, -0.15) is 8.78 Å². The maximum atomic E-state index is 13.3. The number of aromatic nitrogens is 1. The predicted octanol–water partition coefficient (Wildman–Crippen LogP) is 5.08. The summed E-state index contributed by atoms with van der Waals surface area (Å²) >= 11 is 17.8. The third-order valence-electron chi connectivity index (χ3n) is 3.26. The van der Waals surface area contributed by atoms with Gasteiger partial charge in [0.15, 0.2) is 6.29 Å². The van der Waals surface area contributed by atoms with Crippen molar-refractivity contribution in [1.82, 2.24) is 4.98 Å². The Morgan fingerprint density at radius 2 is 1.96 bits per heavy atom. The maximum absolute atomic E-state index is 13.3. The number of benzene rings is 1. The molecule has 1 heterocycles. The molecule has 0 saturated heterocycles. The summed E-state index contributed by atoms with van der Waals surface area (Å²) in [6, 6.07) is 3.82. The number of carbonyl (C=O) groups excluding carboxylic acids is 1. The van der Waals surface area contributed by atoms with E-state index in [-0.39, 0.29) is 38.3 Å². The zero-order valence-electron chi connectivity index (χ0n) is 14.7. The topological polar surface area (TPSA) is 79.4 Å². The third-order valence-corrected chi connectivity index (χ3v) is 5.62. The van der Waals surface area contributed by atoms with Gasteiger partial charge >= 0.3 is 5.38 Å². The van der Waals surface area contributed by atoms with Gasteiger partial charge in [0.2, 0.25) is 0 Å². The van der Waals surface area contributed by atoms with E-state index >= 15 is 0 Å². The van der Waals surface area contributed by atoms with Crippen molar-refractivity contribution in [2.24, 2.45) is 0 Å². The van der Waals surface area contributed by atoms with Gasteiger partial charge in [-0.15, -0.1) is 0 Å². The molecule has 0 fully saturated rings. The molecule has 0 aliphatic heterocycles. The van der Waals surface area contributed by atoms with Gasteiger partial charge in [-0.3, -0.25) is 9.59 Å². The lowest BCUT2D eigenvalue weighted by atomic mass is 10.2. The molecule has 0 radical (unpaired) electrons. The highest BCUT2D eigenvalue weighted by molar-refractivity contribution is 7.99. The van der Waals surface area contributed by atoms with Gasteiger partial charge in [-0.25, -0.2) is 0 Å². The minimum Gasteiger partial charge on any atom is -0.392 e. The quantitative estimate of drug-likeness (QED) is 0.451. The second-order valence-electron chi connectivity index (χ2n) is 5.09. The van der Waals surface area contributed by atoms with Crippen LogP contribution in [-0.2, 0) is 16.7 Å². The van der Waals surface area contributed by atoms with E-state index in [1.807, 2.05) is 11.9 Å².